The van der Waals surface area contributed by atoms with Gasteiger partial charge in [0.2, 0.25) is 26.0 Å². The molecule has 0 aliphatic heterocycles. The summed E-state index contributed by atoms with van der Waals surface area (Å²) in [4.78, 5) is -0.363. The number of anilines is 1. The Kier molecular flexibility index (Phi) is 7.59. The number of halogens is 3. The van der Waals surface area contributed by atoms with Crippen LogP contribution in [0.5, 0.6) is 5.75 Å². The molecule has 1 saturated carbocycles. The summed E-state index contributed by atoms with van der Waals surface area (Å²) >= 11 is 0. The smallest absolute Gasteiger partial charge is 0.248 e. The van der Waals surface area contributed by atoms with Crippen LogP contribution >= 0.6 is 0 Å². The maximum absolute atomic E-state index is 13.8. The molecule has 0 bridgehead atoms. The normalized spacial score (nSPS) is 17.0. The second-order valence-corrected chi connectivity index (χ2v) is 11.4. The first kappa shape index (κ1) is 25.3. The van der Waals surface area contributed by atoms with Gasteiger partial charge >= 0.3 is 0 Å². The standard InChI is InChI=1S/C21H25F3N2O5S2/c22-17-6-5-16(19(13-17)31-14-15-7-10-21(23,24)11-8-15)9-12-32(27,28)26-18-3-1-2-4-20(18)33(25,29)30/h1-6,13,15,26H,7-12,14H2,(H2,25,29,30). The fourth-order valence-electron chi connectivity index (χ4n) is 3.61. The van der Waals surface area contributed by atoms with Crippen LogP contribution in [-0.4, -0.2) is 35.1 Å². The fourth-order valence-corrected chi connectivity index (χ4v) is 5.47. The molecule has 3 rings (SSSR count). The summed E-state index contributed by atoms with van der Waals surface area (Å²) in [5.41, 5.74) is 0.243. The summed E-state index contributed by atoms with van der Waals surface area (Å²) < 4.78 is 96.8. The second-order valence-electron chi connectivity index (χ2n) is 8.07. The van der Waals surface area contributed by atoms with Gasteiger partial charge in [0.1, 0.15) is 16.5 Å². The monoisotopic (exact) mass is 506 g/mol. The maximum atomic E-state index is 13.8. The first-order valence-electron chi connectivity index (χ1n) is 10.3. The Bertz CT molecular complexity index is 1190. The van der Waals surface area contributed by atoms with Crippen molar-refractivity contribution in [3.05, 3.63) is 53.8 Å². The summed E-state index contributed by atoms with van der Waals surface area (Å²) in [5, 5.41) is 5.13. The molecule has 0 radical (unpaired) electrons. The predicted octanol–water partition coefficient (Wildman–Crippen LogP) is 3.66. The number of nitrogens with two attached hydrogens (primary N) is 1. The fraction of sp³-hybridized carbons (Fsp3) is 0.429. The van der Waals surface area contributed by atoms with E-state index in [1.807, 2.05) is 0 Å². The van der Waals surface area contributed by atoms with E-state index in [4.69, 9.17) is 9.88 Å². The van der Waals surface area contributed by atoms with Gasteiger partial charge in [0, 0.05) is 18.9 Å². The lowest BCUT2D eigenvalue weighted by Crippen LogP contribution is -2.27. The van der Waals surface area contributed by atoms with E-state index in [2.05, 4.69) is 4.72 Å². The molecule has 1 fully saturated rings. The van der Waals surface area contributed by atoms with Crippen LogP contribution in [0.1, 0.15) is 31.2 Å². The van der Waals surface area contributed by atoms with Gasteiger partial charge in [0.25, 0.3) is 0 Å². The molecule has 1 aliphatic rings. The third kappa shape index (κ3) is 7.34. The van der Waals surface area contributed by atoms with Crippen molar-refractivity contribution in [2.45, 2.75) is 42.9 Å². The molecule has 0 saturated heterocycles. The first-order chi connectivity index (χ1) is 15.3. The largest absolute Gasteiger partial charge is 0.493 e. The van der Waals surface area contributed by atoms with E-state index in [1.54, 1.807) is 0 Å². The molecular weight excluding hydrogens is 481 g/mol. The van der Waals surface area contributed by atoms with Crippen LogP contribution in [0.15, 0.2) is 47.4 Å². The Labute approximate surface area is 191 Å². The number of primary sulfonamides is 1. The zero-order valence-electron chi connectivity index (χ0n) is 17.6. The van der Waals surface area contributed by atoms with Crippen molar-refractivity contribution in [2.24, 2.45) is 11.1 Å². The molecule has 0 amide bonds. The van der Waals surface area contributed by atoms with Crippen molar-refractivity contribution in [1.82, 2.24) is 0 Å². The summed E-state index contributed by atoms with van der Waals surface area (Å²) in [6.07, 6.45) is 0.0892. The number of nitrogens with one attached hydrogen (secondary N) is 1. The Morgan fingerprint density at radius 1 is 1.06 bits per heavy atom. The third-order valence-corrected chi connectivity index (χ3v) is 7.68. The molecule has 0 spiro atoms. The highest BCUT2D eigenvalue weighted by Gasteiger charge is 2.35. The Morgan fingerprint density at radius 3 is 2.39 bits per heavy atom. The molecule has 0 aromatic heterocycles. The number of alkyl halides is 2. The van der Waals surface area contributed by atoms with E-state index in [1.165, 1.54) is 36.4 Å². The molecular formula is C21H25F3N2O5S2. The SMILES string of the molecule is NS(=O)(=O)c1ccccc1NS(=O)(=O)CCc1ccc(F)cc1OCC1CCC(F)(F)CC1. The van der Waals surface area contributed by atoms with Crippen LogP contribution in [0.3, 0.4) is 0 Å². The van der Waals surface area contributed by atoms with Crippen LogP contribution in [0, 0.1) is 11.7 Å². The van der Waals surface area contributed by atoms with E-state index in [0.717, 1.165) is 6.07 Å². The quantitative estimate of drug-likeness (QED) is 0.539. The van der Waals surface area contributed by atoms with Crippen LogP contribution in [0.4, 0.5) is 18.9 Å². The minimum atomic E-state index is -4.15. The Hall–Kier alpha value is -2.31. The average molecular weight is 507 g/mol. The van der Waals surface area contributed by atoms with Crippen LogP contribution in [0.2, 0.25) is 0 Å². The molecule has 12 heteroatoms. The zero-order chi connectivity index (χ0) is 24.3. The van der Waals surface area contributed by atoms with Gasteiger partial charge in [-0.25, -0.2) is 35.1 Å². The number of para-hydroxylation sites is 1. The van der Waals surface area contributed by atoms with Gasteiger partial charge in [-0.3, -0.25) is 4.72 Å². The van der Waals surface area contributed by atoms with Crippen molar-refractivity contribution in [3.8, 4) is 5.75 Å². The first-order valence-corrected chi connectivity index (χ1v) is 13.5. The molecule has 182 valence electrons. The third-order valence-electron chi connectivity index (χ3n) is 5.44. The number of hydrogen-bond donors (Lipinski definition) is 2. The lowest BCUT2D eigenvalue weighted by atomic mass is 9.87. The van der Waals surface area contributed by atoms with E-state index in [-0.39, 0.29) is 48.1 Å². The summed E-state index contributed by atoms with van der Waals surface area (Å²) in [5.74, 6) is -3.63. The lowest BCUT2D eigenvalue weighted by Gasteiger charge is -2.28. The highest BCUT2D eigenvalue weighted by molar-refractivity contribution is 7.93. The Morgan fingerprint density at radius 2 is 1.73 bits per heavy atom. The minimum absolute atomic E-state index is 0.0504. The van der Waals surface area contributed by atoms with E-state index < -0.39 is 37.5 Å². The average Bonchev–Trinajstić information content (AvgIpc) is 2.71. The molecule has 0 unspecified atom stereocenters. The predicted molar refractivity (Wildman–Crippen MR) is 118 cm³/mol. The van der Waals surface area contributed by atoms with Gasteiger partial charge in [-0.1, -0.05) is 18.2 Å². The molecule has 0 atom stereocenters. The number of rotatable bonds is 9. The number of aryl methyl sites for hydroxylation is 1. The summed E-state index contributed by atoms with van der Waals surface area (Å²) in [7, 11) is -8.14. The highest BCUT2D eigenvalue weighted by atomic mass is 32.2. The van der Waals surface area contributed by atoms with Crippen molar-refractivity contribution in [1.29, 1.82) is 0 Å². The highest BCUT2D eigenvalue weighted by Crippen LogP contribution is 2.36. The van der Waals surface area contributed by atoms with E-state index >= 15 is 0 Å². The maximum Gasteiger partial charge on any atom is 0.248 e. The van der Waals surface area contributed by atoms with Crippen molar-refractivity contribution in [2.75, 3.05) is 17.1 Å². The molecule has 33 heavy (non-hydrogen) atoms. The number of ether oxygens (including phenoxy) is 1. The topological polar surface area (TPSA) is 116 Å². The summed E-state index contributed by atoms with van der Waals surface area (Å²) in [6.45, 7) is 0.124. The van der Waals surface area contributed by atoms with Gasteiger partial charge < -0.3 is 4.74 Å². The molecule has 2 aromatic rings. The van der Waals surface area contributed by atoms with Crippen molar-refractivity contribution >= 4 is 25.7 Å². The van der Waals surface area contributed by atoms with Crippen LogP contribution in [-0.2, 0) is 26.5 Å². The van der Waals surface area contributed by atoms with Crippen LogP contribution < -0.4 is 14.6 Å². The number of benzene rings is 2. The molecule has 7 nitrogen and oxygen atoms in total. The van der Waals surface area contributed by atoms with Gasteiger partial charge in [-0.15, -0.1) is 0 Å². The van der Waals surface area contributed by atoms with Gasteiger partial charge in [0.05, 0.1) is 18.0 Å². The van der Waals surface area contributed by atoms with Crippen LogP contribution in [0.25, 0.3) is 0 Å². The minimum Gasteiger partial charge on any atom is -0.493 e. The zero-order valence-corrected chi connectivity index (χ0v) is 19.3. The molecule has 3 N–H and O–H groups in total. The van der Waals surface area contributed by atoms with Gasteiger partial charge in [-0.2, -0.15) is 0 Å². The number of sulfonamides is 2. The second kappa shape index (κ2) is 9.90. The van der Waals surface area contributed by atoms with Crippen molar-refractivity contribution in [3.63, 3.8) is 0 Å². The van der Waals surface area contributed by atoms with E-state index in [9.17, 15) is 30.0 Å². The van der Waals surface area contributed by atoms with E-state index in [0.29, 0.717) is 18.4 Å². The lowest BCUT2D eigenvalue weighted by molar-refractivity contribution is -0.0498. The molecule has 1 aliphatic carbocycles. The summed E-state index contributed by atoms with van der Waals surface area (Å²) in [6, 6.07) is 9.01. The Balaban J connectivity index is 1.66. The van der Waals surface area contributed by atoms with Gasteiger partial charge in [-0.05, 0) is 48.9 Å². The van der Waals surface area contributed by atoms with Crippen molar-refractivity contribution < 1.29 is 34.7 Å². The molecule has 0 heterocycles. The molecule has 2 aromatic carbocycles. The van der Waals surface area contributed by atoms with Gasteiger partial charge in [0.15, 0.2) is 0 Å². The number of hydrogen-bond acceptors (Lipinski definition) is 5.